The first kappa shape index (κ1) is 12.7. The Hall–Kier alpha value is -0.720. The van der Waals surface area contributed by atoms with Crippen LogP contribution in [0.15, 0.2) is 0 Å². The van der Waals surface area contributed by atoms with Crippen LogP contribution in [0.1, 0.15) is 27.7 Å². The second-order valence-electron chi connectivity index (χ2n) is 4.82. The van der Waals surface area contributed by atoms with Crippen LogP contribution in [0.3, 0.4) is 0 Å². The number of carbonyl (C=O) groups is 1. The van der Waals surface area contributed by atoms with Gasteiger partial charge in [-0.3, -0.25) is 4.79 Å². The largest absolute Gasteiger partial charge is 0.457 e. The topological polar surface area (TPSA) is 54.0 Å². The van der Waals surface area contributed by atoms with Gasteiger partial charge in [0.1, 0.15) is 12.3 Å². The first-order valence-corrected chi connectivity index (χ1v) is 5.62. The summed E-state index contributed by atoms with van der Waals surface area (Å²) in [5.74, 6) is -1.30. The molecular formula is C11H17FO5. The maximum atomic E-state index is 13.4. The molecule has 98 valence electrons. The van der Waals surface area contributed by atoms with E-state index in [0.29, 0.717) is 0 Å². The molecule has 2 saturated heterocycles. The van der Waals surface area contributed by atoms with Crippen molar-refractivity contribution in [2.24, 2.45) is 0 Å². The van der Waals surface area contributed by atoms with Crippen LogP contribution >= 0.6 is 0 Å². The molecule has 2 aliphatic rings. The molecule has 0 aromatic carbocycles. The SMILES string of the molecule is CC(=O)O[C@@H]1[C@H]2OC(C)(C)O[C@H]2O[C@@H]1[C@@H](C)F. The number of esters is 1. The molecule has 5 atom stereocenters. The minimum atomic E-state index is -1.26. The van der Waals surface area contributed by atoms with E-state index < -0.39 is 42.5 Å². The van der Waals surface area contributed by atoms with Crippen molar-refractivity contribution in [3.63, 3.8) is 0 Å². The molecule has 0 saturated carbocycles. The molecule has 2 heterocycles. The zero-order chi connectivity index (χ0) is 12.8. The number of hydrogen-bond acceptors (Lipinski definition) is 5. The van der Waals surface area contributed by atoms with Gasteiger partial charge in [-0.2, -0.15) is 0 Å². The Morgan fingerprint density at radius 2 is 2.06 bits per heavy atom. The van der Waals surface area contributed by atoms with E-state index >= 15 is 0 Å². The lowest BCUT2D eigenvalue weighted by Gasteiger charge is -2.25. The van der Waals surface area contributed by atoms with Crippen LogP contribution in [0.2, 0.25) is 0 Å². The lowest BCUT2D eigenvalue weighted by Crippen LogP contribution is -2.41. The first-order valence-electron chi connectivity index (χ1n) is 5.62. The highest BCUT2D eigenvalue weighted by Crippen LogP contribution is 2.40. The molecule has 0 aromatic heterocycles. The van der Waals surface area contributed by atoms with Crippen LogP contribution in [0.5, 0.6) is 0 Å². The van der Waals surface area contributed by atoms with Crippen molar-refractivity contribution in [1.82, 2.24) is 0 Å². The van der Waals surface area contributed by atoms with Crippen molar-refractivity contribution in [2.45, 2.75) is 64.3 Å². The van der Waals surface area contributed by atoms with Gasteiger partial charge in [-0.15, -0.1) is 0 Å². The van der Waals surface area contributed by atoms with E-state index in [4.69, 9.17) is 18.9 Å². The van der Waals surface area contributed by atoms with E-state index in [1.54, 1.807) is 13.8 Å². The van der Waals surface area contributed by atoms with E-state index in [1.807, 2.05) is 0 Å². The molecule has 0 N–H and O–H groups in total. The quantitative estimate of drug-likeness (QED) is 0.686. The number of hydrogen-bond donors (Lipinski definition) is 0. The Morgan fingerprint density at radius 3 is 2.59 bits per heavy atom. The Bertz CT molecular complexity index is 317. The van der Waals surface area contributed by atoms with E-state index in [0.717, 1.165) is 0 Å². The summed E-state index contributed by atoms with van der Waals surface area (Å²) in [4.78, 5) is 11.0. The minimum Gasteiger partial charge on any atom is -0.457 e. The number of carbonyl (C=O) groups excluding carboxylic acids is 1. The third kappa shape index (κ3) is 2.43. The van der Waals surface area contributed by atoms with E-state index in [1.165, 1.54) is 13.8 Å². The standard InChI is InChI=1S/C11H17FO5/c1-5(12)7-8(14-6(2)13)9-10(15-7)17-11(3,4)16-9/h5,7-10H,1-4H3/t5-,7-,8+,9-,10-/m1/s1. The highest BCUT2D eigenvalue weighted by atomic mass is 19.1. The smallest absolute Gasteiger partial charge is 0.303 e. The van der Waals surface area contributed by atoms with E-state index in [2.05, 4.69) is 0 Å². The lowest BCUT2D eigenvalue weighted by atomic mass is 10.1. The van der Waals surface area contributed by atoms with Crippen molar-refractivity contribution in [3.8, 4) is 0 Å². The molecule has 0 spiro atoms. The van der Waals surface area contributed by atoms with Gasteiger partial charge in [0, 0.05) is 6.92 Å². The number of rotatable bonds is 2. The van der Waals surface area contributed by atoms with Crippen LogP contribution in [0.25, 0.3) is 0 Å². The number of alkyl halides is 1. The first-order chi connectivity index (χ1) is 7.80. The third-order valence-corrected chi connectivity index (χ3v) is 2.78. The highest BCUT2D eigenvalue weighted by Gasteiger charge is 2.57. The molecule has 0 aliphatic carbocycles. The molecule has 0 aromatic rings. The molecule has 17 heavy (non-hydrogen) atoms. The van der Waals surface area contributed by atoms with Crippen molar-refractivity contribution in [3.05, 3.63) is 0 Å². The Labute approximate surface area is 99.2 Å². The van der Waals surface area contributed by atoms with Gasteiger partial charge in [0.25, 0.3) is 0 Å². The van der Waals surface area contributed by atoms with E-state index in [9.17, 15) is 9.18 Å². The molecule has 2 aliphatic heterocycles. The van der Waals surface area contributed by atoms with Gasteiger partial charge in [0.2, 0.25) is 0 Å². The number of fused-ring (bicyclic) bond motifs is 1. The maximum Gasteiger partial charge on any atom is 0.303 e. The number of ether oxygens (including phenoxy) is 4. The van der Waals surface area contributed by atoms with Gasteiger partial charge in [0.05, 0.1) is 0 Å². The Kier molecular flexibility index (Phi) is 3.14. The van der Waals surface area contributed by atoms with Crippen LogP contribution in [-0.4, -0.2) is 42.5 Å². The maximum absolute atomic E-state index is 13.4. The van der Waals surface area contributed by atoms with Gasteiger partial charge in [-0.05, 0) is 20.8 Å². The lowest BCUT2D eigenvalue weighted by molar-refractivity contribution is -0.224. The monoisotopic (exact) mass is 248 g/mol. The second kappa shape index (κ2) is 4.19. The fraction of sp³-hybridized carbons (Fsp3) is 0.909. The van der Waals surface area contributed by atoms with Gasteiger partial charge in [-0.25, -0.2) is 4.39 Å². The van der Waals surface area contributed by atoms with Crippen molar-refractivity contribution in [1.29, 1.82) is 0 Å². The Morgan fingerprint density at radius 1 is 1.41 bits per heavy atom. The molecule has 2 fully saturated rings. The van der Waals surface area contributed by atoms with Gasteiger partial charge < -0.3 is 18.9 Å². The predicted octanol–water partition coefficient (Wildman–Crippen LogP) is 1.15. The molecule has 0 amide bonds. The fourth-order valence-electron chi connectivity index (χ4n) is 2.20. The van der Waals surface area contributed by atoms with Crippen LogP contribution in [-0.2, 0) is 23.7 Å². The molecule has 0 bridgehead atoms. The summed E-state index contributed by atoms with van der Waals surface area (Å²) in [6.45, 7) is 6.09. The average molecular weight is 248 g/mol. The minimum absolute atomic E-state index is 0.488. The summed E-state index contributed by atoms with van der Waals surface area (Å²) < 4.78 is 34.9. The predicted molar refractivity (Wildman–Crippen MR) is 54.8 cm³/mol. The summed E-state index contributed by atoms with van der Waals surface area (Å²) in [6, 6.07) is 0. The molecule has 6 heteroatoms. The van der Waals surface area contributed by atoms with Crippen molar-refractivity contribution < 1.29 is 28.1 Å². The summed E-state index contributed by atoms with van der Waals surface area (Å²) >= 11 is 0. The summed E-state index contributed by atoms with van der Waals surface area (Å²) in [7, 11) is 0. The zero-order valence-corrected chi connectivity index (χ0v) is 10.3. The molecular weight excluding hydrogens is 231 g/mol. The van der Waals surface area contributed by atoms with Crippen molar-refractivity contribution in [2.75, 3.05) is 0 Å². The summed E-state index contributed by atoms with van der Waals surface area (Å²) in [6.07, 6.45) is -4.13. The molecule has 2 rings (SSSR count). The second-order valence-corrected chi connectivity index (χ2v) is 4.82. The molecule has 0 unspecified atom stereocenters. The third-order valence-electron chi connectivity index (χ3n) is 2.78. The fourth-order valence-corrected chi connectivity index (χ4v) is 2.20. The van der Waals surface area contributed by atoms with Crippen LogP contribution in [0.4, 0.5) is 4.39 Å². The van der Waals surface area contributed by atoms with Gasteiger partial charge >= 0.3 is 5.97 Å². The summed E-state index contributed by atoms with van der Waals surface area (Å²) in [5, 5.41) is 0. The number of halogens is 1. The molecule has 0 radical (unpaired) electrons. The van der Waals surface area contributed by atoms with Crippen molar-refractivity contribution >= 4 is 5.97 Å². The van der Waals surface area contributed by atoms with Gasteiger partial charge in [0.15, 0.2) is 24.3 Å². The zero-order valence-electron chi connectivity index (χ0n) is 10.3. The Balaban J connectivity index is 2.14. The average Bonchev–Trinajstić information content (AvgIpc) is 2.59. The van der Waals surface area contributed by atoms with E-state index in [-0.39, 0.29) is 0 Å². The van der Waals surface area contributed by atoms with Crippen LogP contribution < -0.4 is 0 Å². The van der Waals surface area contributed by atoms with Gasteiger partial charge in [-0.1, -0.05) is 0 Å². The van der Waals surface area contributed by atoms with Crippen LogP contribution in [0, 0.1) is 0 Å². The molecule has 5 nitrogen and oxygen atoms in total. The highest BCUT2D eigenvalue weighted by molar-refractivity contribution is 5.66. The summed E-state index contributed by atoms with van der Waals surface area (Å²) in [5.41, 5.74) is 0. The normalized spacial score (nSPS) is 41.0.